The van der Waals surface area contributed by atoms with E-state index in [0.717, 1.165) is 22.1 Å². The number of likely N-dealkylation sites (N-methyl/N-ethyl adjacent to an activating group) is 2. The molecule has 1 atom stereocenters. The second kappa shape index (κ2) is 5.01. The van der Waals surface area contributed by atoms with Gasteiger partial charge in [0.05, 0.1) is 40.3 Å². The van der Waals surface area contributed by atoms with Gasteiger partial charge in [-0.25, -0.2) is 8.97 Å². The largest absolute Gasteiger partial charge is 0.357 e. The van der Waals surface area contributed by atoms with Crippen LogP contribution in [0.3, 0.4) is 0 Å². The van der Waals surface area contributed by atoms with E-state index in [1.807, 2.05) is 0 Å². The summed E-state index contributed by atoms with van der Waals surface area (Å²) in [6.45, 7) is 26.4. The lowest BCUT2D eigenvalue weighted by Crippen LogP contribution is -2.85. The number of hydrogen-bond acceptors (Lipinski definition) is 2. The lowest BCUT2D eigenvalue weighted by Gasteiger charge is -2.60. The molecule has 2 aliphatic rings. The number of rotatable bonds is 0. The third-order valence-corrected chi connectivity index (χ3v) is 7.15. The molecule has 2 rings (SSSR count). The Labute approximate surface area is 157 Å². The molecule has 25 heavy (non-hydrogen) atoms. The normalized spacial score (nSPS) is 34.8. The quantitative estimate of drug-likeness (QED) is 0.614. The SMILES string of the molecule is CC(C)(C)N1CC(C)(C)[N+](C)(C)C12N(C(C)(C)C)C(C)(C)C[N+]2(C)C. The predicted molar refractivity (Wildman–Crippen MR) is 108 cm³/mol. The minimum Gasteiger partial charge on any atom is -0.246 e. The second-order valence-electron chi connectivity index (χ2n) is 12.8. The Kier molecular flexibility index (Phi) is 4.23. The smallest absolute Gasteiger partial charge is 0.246 e. The fourth-order valence-electron chi connectivity index (χ4n) is 6.62. The molecule has 0 N–H and O–H groups in total. The predicted octanol–water partition coefficient (Wildman–Crippen LogP) is 3.54. The molecule has 0 aromatic carbocycles. The van der Waals surface area contributed by atoms with Crippen molar-refractivity contribution in [3.05, 3.63) is 0 Å². The zero-order valence-electron chi connectivity index (χ0n) is 19.7. The molecule has 1 unspecified atom stereocenters. The molecule has 0 amide bonds. The van der Waals surface area contributed by atoms with Crippen LogP contribution in [-0.2, 0) is 0 Å². The van der Waals surface area contributed by atoms with Crippen molar-refractivity contribution in [3.63, 3.8) is 0 Å². The van der Waals surface area contributed by atoms with Gasteiger partial charge in [-0.1, -0.05) is 0 Å². The second-order valence-corrected chi connectivity index (χ2v) is 12.8. The molecule has 0 aromatic rings. The van der Waals surface area contributed by atoms with Gasteiger partial charge in [-0.2, -0.15) is 9.80 Å². The van der Waals surface area contributed by atoms with Crippen molar-refractivity contribution < 1.29 is 8.97 Å². The zero-order chi connectivity index (χ0) is 20.1. The summed E-state index contributed by atoms with van der Waals surface area (Å²) in [4.78, 5) is 5.67. The average molecular weight is 355 g/mol. The van der Waals surface area contributed by atoms with Crippen molar-refractivity contribution >= 4 is 0 Å². The summed E-state index contributed by atoms with van der Waals surface area (Å²) in [6, 6.07) is 0. The van der Waals surface area contributed by atoms with Crippen molar-refractivity contribution in [2.75, 3.05) is 41.3 Å². The maximum atomic E-state index is 2.85. The molecule has 148 valence electrons. The van der Waals surface area contributed by atoms with Crippen molar-refractivity contribution in [3.8, 4) is 0 Å². The van der Waals surface area contributed by atoms with Crippen LogP contribution < -0.4 is 0 Å². The maximum absolute atomic E-state index is 2.85. The molecule has 0 aromatic heterocycles. The Morgan fingerprint density at radius 3 is 1.56 bits per heavy atom. The summed E-state index contributed by atoms with van der Waals surface area (Å²) >= 11 is 0. The van der Waals surface area contributed by atoms with Gasteiger partial charge < -0.3 is 0 Å². The van der Waals surface area contributed by atoms with Crippen LogP contribution in [0.4, 0.5) is 0 Å². The first-order chi connectivity index (χ1) is 10.7. The van der Waals surface area contributed by atoms with Crippen LogP contribution in [0, 0.1) is 0 Å². The zero-order valence-corrected chi connectivity index (χ0v) is 19.7. The van der Waals surface area contributed by atoms with Crippen LogP contribution in [0.25, 0.3) is 0 Å². The number of nitrogens with zero attached hydrogens (tertiary/aromatic N) is 4. The lowest BCUT2D eigenvalue weighted by atomic mass is 9.94. The summed E-state index contributed by atoms with van der Waals surface area (Å²) in [5.74, 6) is -0.108. The molecule has 1 spiro atoms. The molecular formula is C21H46N4+2. The Balaban J connectivity index is 2.95. The van der Waals surface area contributed by atoms with Crippen LogP contribution in [-0.4, -0.2) is 88.1 Å². The molecule has 2 fully saturated rings. The third-order valence-electron chi connectivity index (χ3n) is 7.15. The van der Waals surface area contributed by atoms with Crippen molar-refractivity contribution in [2.45, 2.75) is 97.3 Å². The van der Waals surface area contributed by atoms with Gasteiger partial charge >= 0.3 is 5.91 Å². The van der Waals surface area contributed by atoms with Crippen LogP contribution in [0.5, 0.6) is 0 Å². The van der Waals surface area contributed by atoms with Gasteiger partial charge in [0, 0.05) is 11.1 Å². The summed E-state index contributed by atoms with van der Waals surface area (Å²) in [7, 11) is 9.83. The summed E-state index contributed by atoms with van der Waals surface area (Å²) in [5.41, 5.74) is 0.478. The molecule has 2 aliphatic heterocycles. The summed E-state index contributed by atoms with van der Waals surface area (Å²) in [6.07, 6.45) is 0. The molecule has 0 radical (unpaired) electrons. The van der Waals surface area contributed by atoms with E-state index in [2.05, 4.69) is 107 Å². The highest BCUT2D eigenvalue weighted by atomic mass is 15.9. The van der Waals surface area contributed by atoms with E-state index < -0.39 is 0 Å². The van der Waals surface area contributed by atoms with Gasteiger partial charge in [-0.15, -0.1) is 0 Å². The Hall–Kier alpha value is -0.160. The van der Waals surface area contributed by atoms with E-state index in [1.54, 1.807) is 0 Å². The van der Waals surface area contributed by atoms with E-state index in [-0.39, 0.29) is 28.1 Å². The molecular weight excluding hydrogens is 308 g/mol. The van der Waals surface area contributed by atoms with Gasteiger partial charge in [0.1, 0.15) is 12.1 Å². The molecule has 4 heteroatoms. The van der Waals surface area contributed by atoms with Gasteiger partial charge in [0.15, 0.2) is 0 Å². The Bertz CT molecular complexity index is 545. The molecule has 2 heterocycles. The summed E-state index contributed by atoms with van der Waals surface area (Å²) in [5, 5.41) is 0. The minimum atomic E-state index is -0.108. The van der Waals surface area contributed by atoms with Crippen LogP contribution in [0.1, 0.15) is 69.2 Å². The highest BCUT2D eigenvalue weighted by Gasteiger charge is 2.83. The summed E-state index contributed by atoms with van der Waals surface area (Å²) < 4.78 is 1.97. The fourth-order valence-corrected chi connectivity index (χ4v) is 6.62. The van der Waals surface area contributed by atoms with E-state index in [0.29, 0.717) is 0 Å². The highest BCUT2D eigenvalue weighted by molar-refractivity contribution is 5.06. The van der Waals surface area contributed by atoms with Gasteiger partial charge in [-0.05, 0) is 69.2 Å². The van der Waals surface area contributed by atoms with E-state index in [4.69, 9.17) is 0 Å². The van der Waals surface area contributed by atoms with Crippen molar-refractivity contribution in [1.29, 1.82) is 0 Å². The van der Waals surface area contributed by atoms with Crippen LogP contribution >= 0.6 is 0 Å². The van der Waals surface area contributed by atoms with Gasteiger partial charge in [-0.3, -0.25) is 0 Å². The fraction of sp³-hybridized carbons (Fsp3) is 1.00. The molecule has 4 nitrogen and oxygen atoms in total. The first-order valence-corrected chi connectivity index (χ1v) is 9.92. The molecule has 0 aliphatic carbocycles. The first kappa shape index (κ1) is 21.1. The standard InChI is InChI=1S/C21H46N4/c1-17(2,3)22-15-20(9,10)25(13,14)21(22)23(18(4,5)6)19(7,8)16-24(21,11)12/h15-16H2,1-14H3/q+2. The van der Waals surface area contributed by atoms with Crippen LogP contribution in [0.15, 0.2) is 0 Å². The Morgan fingerprint density at radius 2 is 1.20 bits per heavy atom. The van der Waals surface area contributed by atoms with E-state index in [1.165, 1.54) is 0 Å². The first-order valence-electron chi connectivity index (χ1n) is 9.92. The number of hydrogen-bond donors (Lipinski definition) is 0. The topological polar surface area (TPSA) is 6.48 Å². The van der Waals surface area contributed by atoms with E-state index >= 15 is 0 Å². The molecule has 0 bridgehead atoms. The monoisotopic (exact) mass is 354 g/mol. The third kappa shape index (κ3) is 2.47. The van der Waals surface area contributed by atoms with Crippen molar-refractivity contribution in [1.82, 2.24) is 9.80 Å². The lowest BCUT2D eigenvalue weighted by molar-refractivity contribution is -1.16. The molecule has 2 saturated heterocycles. The minimum absolute atomic E-state index is 0.0783. The number of quaternary nitrogens is 2. The van der Waals surface area contributed by atoms with Gasteiger partial charge in [0.25, 0.3) is 0 Å². The average Bonchev–Trinajstić information content (AvgIpc) is 2.54. The maximum Gasteiger partial charge on any atom is 0.357 e. The van der Waals surface area contributed by atoms with Gasteiger partial charge in [0.2, 0.25) is 0 Å². The highest BCUT2D eigenvalue weighted by Crippen LogP contribution is 2.58. The molecule has 0 saturated carbocycles. The van der Waals surface area contributed by atoms with Crippen LogP contribution in [0.2, 0.25) is 0 Å². The Morgan fingerprint density at radius 1 is 0.760 bits per heavy atom. The van der Waals surface area contributed by atoms with E-state index in [9.17, 15) is 0 Å². The van der Waals surface area contributed by atoms with Crippen molar-refractivity contribution in [2.24, 2.45) is 0 Å².